The summed E-state index contributed by atoms with van der Waals surface area (Å²) in [5.41, 5.74) is 6.62. The monoisotopic (exact) mass is 393 g/mol. The Labute approximate surface area is 178 Å². The van der Waals surface area contributed by atoms with Gasteiger partial charge in [-0.05, 0) is 16.5 Å². The fraction of sp³-hybridized carbons (Fsp3) is 0.185. The van der Waals surface area contributed by atoms with Crippen LogP contribution in [0.2, 0.25) is 0 Å². The summed E-state index contributed by atoms with van der Waals surface area (Å²) in [4.78, 5) is 9.68. The molecule has 0 fully saturated rings. The molecular formula is C27H27N3. The maximum absolute atomic E-state index is 4.92. The molecule has 0 saturated carbocycles. The van der Waals surface area contributed by atoms with Gasteiger partial charge in [0.1, 0.15) is 5.82 Å². The van der Waals surface area contributed by atoms with Crippen molar-refractivity contribution < 1.29 is 0 Å². The summed E-state index contributed by atoms with van der Waals surface area (Å²) < 4.78 is 0. The van der Waals surface area contributed by atoms with Gasteiger partial charge in [-0.1, -0.05) is 106 Å². The Morgan fingerprint density at radius 3 is 1.83 bits per heavy atom. The van der Waals surface area contributed by atoms with Gasteiger partial charge in [-0.25, -0.2) is 4.98 Å². The zero-order chi connectivity index (χ0) is 21.0. The first-order valence-corrected chi connectivity index (χ1v) is 10.3. The van der Waals surface area contributed by atoms with Crippen molar-refractivity contribution in [1.29, 1.82) is 0 Å². The molecule has 150 valence electrons. The van der Waals surface area contributed by atoms with Gasteiger partial charge in [-0.15, -0.1) is 0 Å². The lowest BCUT2D eigenvalue weighted by molar-refractivity contribution is 0.590. The SMILES string of the molecule is CC(C)(C)c1ccc(CNc2cnc(-c3ccccc3)c(-c3ccccc3)n2)cc1. The van der Waals surface area contributed by atoms with Gasteiger partial charge in [0.2, 0.25) is 0 Å². The maximum Gasteiger partial charge on any atom is 0.145 e. The van der Waals surface area contributed by atoms with Crippen LogP contribution in [0.1, 0.15) is 31.9 Å². The van der Waals surface area contributed by atoms with Crippen molar-refractivity contribution in [1.82, 2.24) is 9.97 Å². The Balaban J connectivity index is 1.60. The molecule has 1 heterocycles. The molecule has 1 aromatic heterocycles. The minimum atomic E-state index is 0.162. The predicted octanol–water partition coefficient (Wildman–Crippen LogP) is 6.72. The van der Waals surface area contributed by atoms with Crippen LogP contribution in [0.25, 0.3) is 22.5 Å². The highest BCUT2D eigenvalue weighted by Gasteiger charge is 2.14. The zero-order valence-electron chi connectivity index (χ0n) is 17.8. The fourth-order valence-corrected chi connectivity index (χ4v) is 3.39. The third-order valence-electron chi connectivity index (χ3n) is 5.16. The van der Waals surface area contributed by atoms with E-state index in [9.17, 15) is 0 Å². The van der Waals surface area contributed by atoms with Gasteiger partial charge in [0, 0.05) is 17.7 Å². The lowest BCUT2D eigenvalue weighted by Crippen LogP contribution is -2.11. The largest absolute Gasteiger partial charge is 0.365 e. The van der Waals surface area contributed by atoms with Crippen LogP contribution in [0.5, 0.6) is 0 Å². The number of nitrogens with zero attached hydrogens (tertiary/aromatic N) is 2. The van der Waals surface area contributed by atoms with Gasteiger partial charge >= 0.3 is 0 Å². The van der Waals surface area contributed by atoms with E-state index in [1.807, 2.05) is 42.6 Å². The van der Waals surface area contributed by atoms with Gasteiger partial charge in [0.25, 0.3) is 0 Å². The lowest BCUT2D eigenvalue weighted by atomic mass is 9.87. The van der Waals surface area contributed by atoms with Crippen LogP contribution in [0, 0.1) is 0 Å². The molecule has 4 aromatic rings. The van der Waals surface area contributed by atoms with E-state index in [2.05, 4.69) is 74.6 Å². The number of hydrogen-bond acceptors (Lipinski definition) is 3. The molecule has 0 amide bonds. The van der Waals surface area contributed by atoms with Gasteiger partial charge in [-0.2, -0.15) is 0 Å². The highest BCUT2D eigenvalue weighted by atomic mass is 15.0. The minimum absolute atomic E-state index is 0.162. The average Bonchev–Trinajstić information content (AvgIpc) is 2.78. The van der Waals surface area contributed by atoms with Crippen molar-refractivity contribution in [3.63, 3.8) is 0 Å². The van der Waals surface area contributed by atoms with Crippen LogP contribution in [0.3, 0.4) is 0 Å². The summed E-state index contributed by atoms with van der Waals surface area (Å²) in [6.45, 7) is 7.40. The molecule has 0 atom stereocenters. The van der Waals surface area contributed by atoms with Crippen molar-refractivity contribution in [2.45, 2.75) is 32.7 Å². The summed E-state index contributed by atoms with van der Waals surface area (Å²) >= 11 is 0. The van der Waals surface area contributed by atoms with E-state index in [1.165, 1.54) is 11.1 Å². The van der Waals surface area contributed by atoms with Crippen molar-refractivity contribution in [2.75, 3.05) is 5.32 Å². The second kappa shape index (κ2) is 8.50. The van der Waals surface area contributed by atoms with Crippen molar-refractivity contribution >= 4 is 5.82 Å². The second-order valence-corrected chi connectivity index (χ2v) is 8.48. The molecule has 1 N–H and O–H groups in total. The van der Waals surface area contributed by atoms with E-state index in [4.69, 9.17) is 9.97 Å². The molecule has 0 spiro atoms. The summed E-state index contributed by atoms with van der Waals surface area (Å²) in [5.74, 6) is 0.772. The molecule has 4 rings (SSSR count). The van der Waals surface area contributed by atoms with Crippen LogP contribution in [-0.4, -0.2) is 9.97 Å². The van der Waals surface area contributed by atoms with Crippen molar-refractivity contribution in [3.05, 3.63) is 102 Å². The van der Waals surface area contributed by atoms with E-state index in [-0.39, 0.29) is 5.41 Å². The fourth-order valence-electron chi connectivity index (χ4n) is 3.39. The standard InChI is InChI=1S/C27H27N3/c1-27(2,3)23-16-14-20(15-17-23)18-28-24-19-29-25(21-10-6-4-7-11-21)26(30-24)22-12-8-5-9-13-22/h4-17,19H,18H2,1-3H3,(H,28,30). The zero-order valence-corrected chi connectivity index (χ0v) is 17.8. The van der Waals surface area contributed by atoms with Gasteiger partial charge in [-0.3, -0.25) is 4.98 Å². The molecule has 30 heavy (non-hydrogen) atoms. The second-order valence-electron chi connectivity index (χ2n) is 8.48. The van der Waals surface area contributed by atoms with E-state index in [1.54, 1.807) is 0 Å². The molecule has 0 aliphatic heterocycles. The topological polar surface area (TPSA) is 37.8 Å². The van der Waals surface area contributed by atoms with Gasteiger partial charge in [0.05, 0.1) is 17.6 Å². The number of hydrogen-bond donors (Lipinski definition) is 1. The molecule has 0 radical (unpaired) electrons. The summed E-state index contributed by atoms with van der Waals surface area (Å²) in [5, 5.41) is 3.43. The van der Waals surface area contributed by atoms with Crippen molar-refractivity contribution in [2.24, 2.45) is 0 Å². The highest BCUT2D eigenvalue weighted by Crippen LogP contribution is 2.29. The van der Waals surface area contributed by atoms with Crippen molar-refractivity contribution in [3.8, 4) is 22.5 Å². The normalized spacial score (nSPS) is 11.3. The third-order valence-corrected chi connectivity index (χ3v) is 5.16. The third kappa shape index (κ3) is 4.57. The number of benzene rings is 3. The molecule has 3 aromatic carbocycles. The minimum Gasteiger partial charge on any atom is -0.365 e. The maximum atomic E-state index is 4.92. The molecule has 3 nitrogen and oxygen atoms in total. The quantitative estimate of drug-likeness (QED) is 0.409. The Morgan fingerprint density at radius 2 is 1.27 bits per heavy atom. The van der Waals surface area contributed by atoms with Gasteiger partial charge in [0.15, 0.2) is 0 Å². The Kier molecular flexibility index (Phi) is 5.62. The van der Waals surface area contributed by atoms with E-state index >= 15 is 0 Å². The molecule has 0 unspecified atom stereocenters. The highest BCUT2D eigenvalue weighted by molar-refractivity contribution is 5.78. The van der Waals surface area contributed by atoms with E-state index in [0.717, 1.165) is 28.3 Å². The van der Waals surface area contributed by atoms with E-state index < -0.39 is 0 Å². The molecule has 3 heteroatoms. The van der Waals surface area contributed by atoms with Crippen LogP contribution >= 0.6 is 0 Å². The summed E-state index contributed by atoms with van der Waals surface area (Å²) in [7, 11) is 0. The number of rotatable bonds is 5. The van der Waals surface area contributed by atoms with Crippen LogP contribution in [0.4, 0.5) is 5.82 Å². The van der Waals surface area contributed by atoms with Crippen LogP contribution < -0.4 is 5.32 Å². The predicted molar refractivity (Wildman–Crippen MR) is 125 cm³/mol. The average molecular weight is 394 g/mol. The molecule has 0 saturated heterocycles. The smallest absolute Gasteiger partial charge is 0.145 e. The lowest BCUT2D eigenvalue weighted by Gasteiger charge is -2.19. The number of aromatic nitrogens is 2. The first-order valence-electron chi connectivity index (χ1n) is 10.3. The number of anilines is 1. The molecule has 0 aliphatic carbocycles. The first-order chi connectivity index (χ1) is 14.5. The Bertz CT molecular complexity index is 1100. The summed E-state index contributed by atoms with van der Waals surface area (Å²) in [6, 6.07) is 29.2. The molecule has 0 aliphatic rings. The molecular weight excluding hydrogens is 366 g/mol. The first kappa shape index (κ1) is 19.8. The van der Waals surface area contributed by atoms with E-state index in [0.29, 0.717) is 6.54 Å². The summed E-state index contributed by atoms with van der Waals surface area (Å²) in [6.07, 6.45) is 1.82. The van der Waals surface area contributed by atoms with Gasteiger partial charge < -0.3 is 5.32 Å². The molecule has 0 bridgehead atoms. The van der Waals surface area contributed by atoms with Crippen LogP contribution in [0.15, 0.2) is 91.1 Å². The van der Waals surface area contributed by atoms with Crippen LogP contribution in [-0.2, 0) is 12.0 Å². The Hall–Kier alpha value is -3.46. The number of nitrogens with one attached hydrogen (secondary N) is 1. The Morgan fingerprint density at radius 1 is 0.700 bits per heavy atom.